The summed E-state index contributed by atoms with van der Waals surface area (Å²) in [5.74, 6) is -0.428. The van der Waals surface area contributed by atoms with Gasteiger partial charge in [-0.1, -0.05) is 60.2 Å². The third-order valence-corrected chi connectivity index (χ3v) is 9.22. The van der Waals surface area contributed by atoms with Gasteiger partial charge in [0.2, 0.25) is 10.0 Å². The van der Waals surface area contributed by atoms with Gasteiger partial charge in [0.15, 0.2) is 4.80 Å². The second-order valence-corrected chi connectivity index (χ2v) is 11.4. The highest BCUT2D eigenvalue weighted by Gasteiger charge is 2.23. The number of benzene rings is 3. The van der Waals surface area contributed by atoms with Crippen molar-refractivity contribution < 1.29 is 13.2 Å². The molecule has 6 nitrogen and oxygen atoms in total. The maximum Gasteiger partial charge on any atom is 0.279 e. The van der Waals surface area contributed by atoms with Crippen LogP contribution in [0.4, 0.5) is 0 Å². The lowest BCUT2D eigenvalue weighted by Crippen LogP contribution is -2.30. The molecule has 1 amide bonds. The van der Waals surface area contributed by atoms with Crippen LogP contribution >= 0.6 is 22.9 Å². The third-order valence-electron chi connectivity index (χ3n) is 5.84. The molecule has 1 heterocycles. The Labute approximate surface area is 214 Å². The summed E-state index contributed by atoms with van der Waals surface area (Å²) in [7, 11) is -3.71. The number of halogens is 1. The van der Waals surface area contributed by atoms with E-state index in [1.165, 1.54) is 39.9 Å². The van der Waals surface area contributed by atoms with Crippen LogP contribution in [0.2, 0.25) is 5.02 Å². The maximum absolute atomic E-state index is 13.2. The quantitative estimate of drug-likeness (QED) is 0.312. The molecule has 0 spiro atoms. The van der Waals surface area contributed by atoms with Crippen molar-refractivity contribution in [2.45, 2.75) is 38.8 Å². The summed E-state index contributed by atoms with van der Waals surface area (Å²) >= 11 is 7.72. The molecule has 182 valence electrons. The molecule has 9 heteroatoms. The van der Waals surface area contributed by atoms with E-state index < -0.39 is 15.9 Å². The zero-order valence-corrected chi connectivity index (χ0v) is 22.1. The van der Waals surface area contributed by atoms with Gasteiger partial charge in [-0.25, -0.2) is 8.42 Å². The highest BCUT2D eigenvalue weighted by atomic mass is 35.5. The van der Waals surface area contributed by atoms with Crippen LogP contribution in [0, 0.1) is 6.92 Å². The largest absolute Gasteiger partial charge is 0.316 e. The summed E-state index contributed by atoms with van der Waals surface area (Å²) in [5.41, 5.74) is 3.15. The summed E-state index contributed by atoms with van der Waals surface area (Å²) < 4.78 is 30.8. The lowest BCUT2D eigenvalue weighted by atomic mass is 10.2. The van der Waals surface area contributed by atoms with E-state index in [9.17, 15) is 13.2 Å². The number of fused-ring (bicyclic) bond motifs is 1. The second-order valence-electron chi connectivity index (χ2n) is 8.01. The topological polar surface area (TPSA) is 71.7 Å². The van der Waals surface area contributed by atoms with Gasteiger partial charge in [-0.3, -0.25) is 4.79 Å². The Kier molecular flexibility index (Phi) is 7.56. The molecule has 0 radical (unpaired) electrons. The van der Waals surface area contributed by atoms with E-state index in [0.29, 0.717) is 28.5 Å². The zero-order chi connectivity index (χ0) is 25.2. The summed E-state index contributed by atoms with van der Waals surface area (Å²) in [6, 6.07) is 19.2. The summed E-state index contributed by atoms with van der Waals surface area (Å²) in [5, 5.41) is 0.667. The molecule has 1 aromatic heterocycles. The molecular formula is C26H26ClN3O3S2. The molecule has 4 aromatic rings. The van der Waals surface area contributed by atoms with Crippen LogP contribution in [0.1, 0.15) is 35.3 Å². The Balaban J connectivity index is 1.63. The molecule has 0 aliphatic carbocycles. The molecule has 0 aliphatic rings. The average Bonchev–Trinajstić information content (AvgIpc) is 3.23. The molecule has 0 bridgehead atoms. The predicted octanol–water partition coefficient (Wildman–Crippen LogP) is 5.64. The van der Waals surface area contributed by atoms with Crippen molar-refractivity contribution in [2.75, 3.05) is 6.54 Å². The van der Waals surface area contributed by atoms with Gasteiger partial charge < -0.3 is 4.57 Å². The number of rotatable bonds is 7. The van der Waals surface area contributed by atoms with Gasteiger partial charge >= 0.3 is 0 Å². The van der Waals surface area contributed by atoms with Gasteiger partial charge in [-0.15, -0.1) is 0 Å². The smallest absolute Gasteiger partial charge is 0.279 e. The molecule has 0 aliphatic heterocycles. The fraction of sp³-hybridized carbons (Fsp3) is 0.231. The number of aryl methyl sites for hydroxylation is 2. The van der Waals surface area contributed by atoms with Gasteiger partial charge in [0.05, 0.1) is 15.1 Å². The van der Waals surface area contributed by atoms with Gasteiger partial charge in [0.25, 0.3) is 5.91 Å². The molecule has 0 unspecified atom stereocenters. The zero-order valence-electron chi connectivity index (χ0n) is 19.7. The van der Waals surface area contributed by atoms with Crippen molar-refractivity contribution in [1.29, 1.82) is 0 Å². The molecule has 0 N–H and O–H groups in total. The monoisotopic (exact) mass is 527 g/mol. The molecule has 3 aromatic carbocycles. The van der Waals surface area contributed by atoms with Crippen molar-refractivity contribution in [3.8, 4) is 0 Å². The second kappa shape index (κ2) is 10.5. The minimum absolute atomic E-state index is 0.141. The highest BCUT2D eigenvalue weighted by Crippen LogP contribution is 2.27. The molecule has 35 heavy (non-hydrogen) atoms. The summed E-state index contributed by atoms with van der Waals surface area (Å²) in [4.78, 5) is 18.0. The van der Waals surface area contributed by atoms with Crippen LogP contribution in [0.25, 0.3) is 10.2 Å². The number of carbonyl (C=O) groups excluding carboxylic acids is 1. The first-order valence-electron chi connectivity index (χ1n) is 11.3. The van der Waals surface area contributed by atoms with Crippen molar-refractivity contribution in [3.63, 3.8) is 0 Å². The van der Waals surface area contributed by atoms with Gasteiger partial charge in [-0.05, 0) is 61.4 Å². The van der Waals surface area contributed by atoms with Crippen LogP contribution in [-0.2, 0) is 23.1 Å². The van der Waals surface area contributed by atoms with Crippen molar-refractivity contribution in [1.82, 2.24) is 8.87 Å². The standard InChI is InChI=1S/C26H26ClN3O3S2/c1-4-29(17-19-9-7-6-8-10-19)35(32,33)21-13-11-20(12-14-21)25(31)28-26-30(5-2)24-18(3)22(27)15-16-23(24)34-26/h6-16H,4-5,17H2,1-3H3. The van der Waals surface area contributed by atoms with Crippen LogP contribution in [0.15, 0.2) is 76.6 Å². The number of amides is 1. The number of carbonyl (C=O) groups is 1. The first-order chi connectivity index (χ1) is 16.8. The molecule has 0 fully saturated rings. The number of hydrogen-bond acceptors (Lipinski definition) is 4. The van der Waals surface area contributed by atoms with Crippen molar-refractivity contribution >= 4 is 49.1 Å². The SMILES string of the molecule is CCN(Cc1ccccc1)S(=O)(=O)c1ccc(C(=O)N=c2sc3ccc(Cl)c(C)c3n2CC)cc1. The maximum atomic E-state index is 13.2. The summed E-state index contributed by atoms with van der Waals surface area (Å²) in [6.07, 6.45) is 0. The fourth-order valence-electron chi connectivity index (χ4n) is 3.92. The van der Waals surface area contributed by atoms with E-state index in [4.69, 9.17) is 11.6 Å². The van der Waals surface area contributed by atoms with Crippen LogP contribution in [0.3, 0.4) is 0 Å². The van der Waals surface area contributed by atoms with Gasteiger partial charge in [0.1, 0.15) is 0 Å². The predicted molar refractivity (Wildman–Crippen MR) is 141 cm³/mol. The Bertz CT molecular complexity index is 1540. The van der Waals surface area contributed by atoms with Crippen LogP contribution in [0.5, 0.6) is 0 Å². The van der Waals surface area contributed by atoms with E-state index in [-0.39, 0.29) is 11.4 Å². The van der Waals surface area contributed by atoms with Crippen molar-refractivity contribution in [3.05, 3.63) is 93.2 Å². The lowest BCUT2D eigenvalue weighted by Gasteiger charge is -2.20. The third kappa shape index (κ3) is 5.11. The molecule has 0 atom stereocenters. The number of sulfonamides is 1. The summed E-state index contributed by atoms with van der Waals surface area (Å²) in [6.45, 7) is 7.00. The van der Waals surface area contributed by atoms with Crippen LogP contribution < -0.4 is 4.80 Å². The minimum atomic E-state index is -3.71. The number of thiazole rings is 1. The van der Waals surface area contributed by atoms with Gasteiger partial charge in [-0.2, -0.15) is 9.30 Å². The highest BCUT2D eigenvalue weighted by molar-refractivity contribution is 7.89. The van der Waals surface area contributed by atoms with Crippen molar-refractivity contribution in [2.24, 2.45) is 4.99 Å². The fourth-order valence-corrected chi connectivity index (χ4v) is 6.66. The average molecular weight is 528 g/mol. The minimum Gasteiger partial charge on any atom is -0.316 e. The number of nitrogens with zero attached hydrogens (tertiary/aromatic N) is 3. The van der Waals surface area contributed by atoms with E-state index >= 15 is 0 Å². The van der Waals surface area contributed by atoms with E-state index in [2.05, 4.69) is 4.99 Å². The Hall–Kier alpha value is -2.78. The van der Waals surface area contributed by atoms with E-state index in [1.54, 1.807) is 6.92 Å². The van der Waals surface area contributed by atoms with Crippen LogP contribution in [-0.4, -0.2) is 29.7 Å². The van der Waals surface area contributed by atoms with Gasteiger partial charge in [0, 0.05) is 30.2 Å². The Morgan fingerprint density at radius 3 is 2.34 bits per heavy atom. The van der Waals surface area contributed by atoms with E-state index in [1.807, 2.05) is 60.9 Å². The Morgan fingerprint density at radius 2 is 1.71 bits per heavy atom. The molecule has 4 rings (SSSR count). The molecular weight excluding hydrogens is 502 g/mol. The first kappa shape index (κ1) is 25.3. The first-order valence-corrected chi connectivity index (χ1v) is 13.9. The Morgan fingerprint density at radius 1 is 1.03 bits per heavy atom. The number of aromatic nitrogens is 1. The molecule has 0 saturated heterocycles. The van der Waals surface area contributed by atoms with E-state index in [0.717, 1.165) is 21.3 Å². The molecule has 0 saturated carbocycles. The number of hydrogen-bond donors (Lipinski definition) is 0. The normalized spacial score (nSPS) is 12.5. The lowest BCUT2D eigenvalue weighted by molar-refractivity contribution is 0.0997.